The van der Waals surface area contributed by atoms with Crippen LogP contribution in [-0.4, -0.2) is 18.1 Å². The number of hydrogen-bond donors (Lipinski definition) is 1. The first-order chi connectivity index (χ1) is 6.56. The first-order valence-corrected chi connectivity index (χ1v) is 4.33. The maximum atomic E-state index is 11.1. The number of carbonyl (C=O) groups is 1. The monoisotopic (exact) mass is 194 g/mol. The van der Waals surface area contributed by atoms with Gasteiger partial charge < -0.3 is 10.5 Å². The second-order valence-corrected chi connectivity index (χ2v) is 3.39. The summed E-state index contributed by atoms with van der Waals surface area (Å²) < 4.78 is 4.56. The van der Waals surface area contributed by atoms with Crippen LogP contribution in [-0.2, 0) is 15.1 Å². The summed E-state index contributed by atoms with van der Waals surface area (Å²) >= 11 is 0. The van der Waals surface area contributed by atoms with Gasteiger partial charge in [0, 0.05) is 6.20 Å². The zero-order chi connectivity index (χ0) is 10.6. The zero-order valence-electron chi connectivity index (χ0n) is 8.36. The smallest absolute Gasteiger partial charge is 0.307 e. The fraction of sp³-hybridized carbons (Fsp3) is 0.400. The molecule has 0 aliphatic carbocycles. The molecule has 0 radical (unpaired) electrons. The normalized spacial score (nSPS) is 14.5. The number of nitrogens with two attached hydrogens (primary N) is 1. The van der Waals surface area contributed by atoms with Crippen LogP contribution in [0, 0.1) is 0 Å². The Labute approximate surface area is 83.1 Å². The summed E-state index contributed by atoms with van der Waals surface area (Å²) in [7, 11) is 1.34. The average Bonchev–Trinajstić information content (AvgIpc) is 2.18. The van der Waals surface area contributed by atoms with Crippen molar-refractivity contribution in [3.05, 3.63) is 30.1 Å². The number of aromatic nitrogens is 1. The van der Waals surface area contributed by atoms with Gasteiger partial charge in [-0.2, -0.15) is 0 Å². The van der Waals surface area contributed by atoms with Gasteiger partial charge in [0.1, 0.15) is 0 Å². The number of hydrogen-bond acceptors (Lipinski definition) is 4. The average molecular weight is 194 g/mol. The van der Waals surface area contributed by atoms with E-state index >= 15 is 0 Å². The van der Waals surface area contributed by atoms with Gasteiger partial charge in [0.25, 0.3) is 0 Å². The SMILES string of the molecule is COC(=O)C[C@@](C)(N)c1ccccn1. The Kier molecular flexibility index (Phi) is 3.19. The highest BCUT2D eigenvalue weighted by molar-refractivity contribution is 5.70. The molecule has 1 aromatic heterocycles. The molecular formula is C10H14N2O2. The van der Waals surface area contributed by atoms with Crippen LogP contribution in [0.15, 0.2) is 24.4 Å². The van der Waals surface area contributed by atoms with Crippen LogP contribution in [0.25, 0.3) is 0 Å². The van der Waals surface area contributed by atoms with Crippen LogP contribution in [0.2, 0.25) is 0 Å². The van der Waals surface area contributed by atoms with Crippen molar-refractivity contribution >= 4 is 5.97 Å². The zero-order valence-corrected chi connectivity index (χ0v) is 8.36. The van der Waals surface area contributed by atoms with E-state index < -0.39 is 5.54 Å². The number of rotatable bonds is 3. The van der Waals surface area contributed by atoms with Gasteiger partial charge in [-0.05, 0) is 19.1 Å². The second-order valence-electron chi connectivity index (χ2n) is 3.39. The molecule has 0 aromatic carbocycles. The number of methoxy groups -OCH3 is 1. The summed E-state index contributed by atoms with van der Waals surface area (Å²) in [5.41, 5.74) is 5.87. The summed E-state index contributed by atoms with van der Waals surface area (Å²) in [6, 6.07) is 5.44. The Balaban J connectivity index is 2.80. The quantitative estimate of drug-likeness (QED) is 0.723. The first kappa shape index (κ1) is 10.7. The summed E-state index contributed by atoms with van der Waals surface area (Å²) in [6.07, 6.45) is 1.78. The van der Waals surface area contributed by atoms with Gasteiger partial charge in [-0.25, -0.2) is 0 Å². The largest absolute Gasteiger partial charge is 0.469 e. The summed E-state index contributed by atoms with van der Waals surface area (Å²) in [4.78, 5) is 15.2. The first-order valence-electron chi connectivity index (χ1n) is 4.33. The topological polar surface area (TPSA) is 65.2 Å². The Hall–Kier alpha value is -1.42. The van der Waals surface area contributed by atoms with Crippen molar-refractivity contribution in [1.82, 2.24) is 4.98 Å². The summed E-state index contributed by atoms with van der Waals surface area (Å²) in [6.45, 7) is 1.76. The van der Waals surface area contributed by atoms with Crippen LogP contribution in [0.5, 0.6) is 0 Å². The lowest BCUT2D eigenvalue weighted by Crippen LogP contribution is -2.36. The minimum Gasteiger partial charge on any atom is -0.469 e. The fourth-order valence-electron chi connectivity index (χ4n) is 1.16. The Morgan fingerprint density at radius 2 is 2.36 bits per heavy atom. The summed E-state index contributed by atoms with van der Waals surface area (Å²) in [5.74, 6) is -0.333. The number of carbonyl (C=O) groups excluding carboxylic acids is 1. The van der Waals surface area contributed by atoms with Gasteiger partial charge in [-0.15, -0.1) is 0 Å². The van der Waals surface area contributed by atoms with E-state index in [0.717, 1.165) is 0 Å². The third-order valence-electron chi connectivity index (χ3n) is 1.99. The number of nitrogens with zero attached hydrogens (tertiary/aromatic N) is 1. The van der Waals surface area contributed by atoms with E-state index in [2.05, 4.69) is 9.72 Å². The molecule has 1 rings (SSSR count). The molecule has 2 N–H and O–H groups in total. The summed E-state index contributed by atoms with van der Waals surface area (Å²) in [5, 5.41) is 0. The molecule has 0 aliphatic rings. The van der Waals surface area contributed by atoms with Crippen molar-refractivity contribution in [3.8, 4) is 0 Å². The molecule has 76 valence electrons. The molecule has 1 atom stereocenters. The molecule has 4 nitrogen and oxygen atoms in total. The van der Waals surface area contributed by atoms with E-state index in [1.54, 1.807) is 25.3 Å². The van der Waals surface area contributed by atoms with E-state index in [4.69, 9.17) is 5.73 Å². The van der Waals surface area contributed by atoms with Gasteiger partial charge in [-0.1, -0.05) is 6.07 Å². The fourth-order valence-corrected chi connectivity index (χ4v) is 1.16. The lowest BCUT2D eigenvalue weighted by molar-refractivity contribution is -0.142. The Morgan fingerprint density at radius 3 is 2.86 bits per heavy atom. The van der Waals surface area contributed by atoms with Crippen molar-refractivity contribution in [3.63, 3.8) is 0 Å². The molecule has 4 heteroatoms. The Morgan fingerprint density at radius 1 is 1.64 bits per heavy atom. The van der Waals surface area contributed by atoms with Gasteiger partial charge in [0.05, 0.1) is 24.8 Å². The van der Waals surface area contributed by atoms with Gasteiger partial charge in [0.2, 0.25) is 0 Å². The van der Waals surface area contributed by atoms with Crippen LogP contribution in [0.3, 0.4) is 0 Å². The second kappa shape index (κ2) is 4.19. The van der Waals surface area contributed by atoms with E-state index in [9.17, 15) is 4.79 Å². The molecule has 14 heavy (non-hydrogen) atoms. The third kappa shape index (κ3) is 2.53. The number of pyridine rings is 1. The molecule has 0 amide bonds. The molecular weight excluding hydrogens is 180 g/mol. The molecule has 0 spiro atoms. The highest BCUT2D eigenvalue weighted by Gasteiger charge is 2.26. The van der Waals surface area contributed by atoms with Crippen molar-refractivity contribution < 1.29 is 9.53 Å². The minimum atomic E-state index is -0.769. The molecule has 0 saturated heterocycles. The molecule has 1 aromatic rings. The van der Waals surface area contributed by atoms with Crippen molar-refractivity contribution in [1.29, 1.82) is 0 Å². The van der Waals surface area contributed by atoms with Crippen LogP contribution >= 0.6 is 0 Å². The van der Waals surface area contributed by atoms with Gasteiger partial charge in [-0.3, -0.25) is 9.78 Å². The molecule has 1 heterocycles. The number of esters is 1. The van der Waals surface area contributed by atoms with Crippen molar-refractivity contribution in [2.24, 2.45) is 5.73 Å². The molecule has 0 saturated carbocycles. The maximum absolute atomic E-state index is 11.1. The highest BCUT2D eigenvalue weighted by atomic mass is 16.5. The van der Waals surface area contributed by atoms with Gasteiger partial charge in [0.15, 0.2) is 0 Å². The van der Waals surface area contributed by atoms with E-state index in [1.165, 1.54) is 7.11 Å². The molecule has 0 fully saturated rings. The van der Waals surface area contributed by atoms with E-state index in [1.807, 2.05) is 6.07 Å². The Bertz CT molecular complexity index is 309. The number of ether oxygens (including phenoxy) is 1. The third-order valence-corrected chi connectivity index (χ3v) is 1.99. The molecule has 0 unspecified atom stereocenters. The predicted molar refractivity (Wildman–Crippen MR) is 52.4 cm³/mol. The maximum Gasteiger partial charge on any atom is 0.307 e. The van der Waals surface area contributed by atoms with E-state index in [-0.39, 0.29) is 12.4 Å². The van der Waals surface area contributed by atoms with Crippen LogP contribution in [0.4, 0.5) is 0 Å². The minimum absolute atomic E-state index is 0.126. The highest BCUT2D eigenvalue weighted by Crippen LogP contribution is 2.19. The lowest BCUT2D eigenvalue weighted by Gasteiger charge is -2.22. The van der Waals surface area contributed by atoms with E-state index in [0.29, 0.717) is 5.69 Å². The van der Waals surface area contributed by atoms with Crippen molar-refractivity contribution in [2.45, 2.75) is 18.9 Å². The lowest BCUT2D eigenvalue weighted by atomic mass is 9.94. The molecule has 0 aliphatic heterocycles. The van der Waals surface area contributed by atoms with Gasteiger partial charge >= 0.3 is 5.97 Å². The predicted octanol–water partition coefficient (Wildman–Crippen LogP) is 0.819. The standard InChI is InChI=1S/C10H14N2O2/c1-10(11,7-9(13)14-2)8-5-3-4-6-12-8/h3-6H,7,11H2,1-2H3/t10-/m1/s1. The van der Waals surface area contributed by atoms with Crippen LogP contribution < -0.4 is 5.73 Å². The van der Waals surface area contributed by atoms with Crippen LogP contribution in [0.1, 0.15) is 19.0 Å². The molecule has 0 bridgehead atoms. The van der Waals surface area contributed by atoms with Crippen molar-refractivity contribution in [2.75, 3.05) is 7.11 Å².